The molecule has 0 amide bonds. The number of nitrogens with zero attached hydrogens (tertiary/aromatic N) is 2. The first-order valence-corrected chi connectivity index (χ1v) is 6.31. The summed E-state index contributed by atoms with van der Waals surface area (Å²) in [5.41, 5.74) is 7.66. The van der Waals surface area contributed by atoms with E-state index in [2.05, 4.69) is 4.90 Å². The number of alkyl halides is 3. The Hall–Kier alpha value is -1.27. The second kappa shape index (κ2) is 5.79. The number of halogens is 3. The van der Waals surface area contributed by atoms with E-state index in [-0.39, 0.29) is 0 Å². The molecule has 6 heteroatoms. The van der Waals surface area contributed by atoms with Crippen LogP contribution in [0.15, 0.2) is 24.3 Å². The van der Waals surface area contributed by atoms with Crippen molar-refractivity contribution in [2.24, 2.45) is 5.73 Å². The monoisotopic (exact) mass is 273 g/mol. The summed E-state index contributed by atoms with van der Waals surface area (Å²) in [6, 6.07) is 7.85. The highest BCUT2D eigenvalue weighted by Crippen LogP contribution is 2.21. The van der Waals surface area contributed by atoms with Crippen LogP contribution < -0.4 is 10.6 Å². The molecule has 3 nitrogen and oxygen atoms in total. The maximum atomic E-state index is 12.3. The predicted octanol–water partition coefficient (Wildman–Crippen LogP) is 1.83. The average molecular weight is 273 g/mol. The van der Waals surface area contributed by atoms with E-state index in [9.17, 15) is 13.2 Å². The van der Waals surface area contributed by atoms with E-state index < -0.39 is 12.7 Å². The topological polar surface area (TPSA) is 32.5 Å². The van der Waals surface area contributed by atoms with Gasteiger partial charge < -0.3 is 10.6 Å². The molecule has 1 aromatic rings. The van der Waals surface area contributed by atoms with Crippen molar-refractivity contribution in [3.8, 4) is 0 Å². The van der Waals surface area contributed by atoms with Crippen LogP contribution in [-0.4, -0.2) is 43.8 Å². The van der Waals surface area contributed by atoms with Gasteiger partial charge in [-0.2, -0.15) is 13.2 Å². The standard InChI is InChI=1S/C13H18F3N3/c14-13(15,16)10-18-4-6-19(7-5-18)12-3-1-2-11(8-12)9-17/h1-3,8H,4-7,9-10,17H2. The summed E-state index contributed by atoms with van der Waals surface area (Å²) in [7, 11) is 0. The zero-order chi connectivity index (χ0) is 13.9. The van der Waals surface area contributed by atoms with Crippen molar-refractivity contribution in [1.29, 1.82) is 0 Å². The Morgan fingerprint density at radius 3 is 2.37 bits per heavy atom. The van der Waals surface area contributed by atoms with Crippen molar-refractivity contribution >= 4 is 5.69 Å². The molecule has 1 aliphatic heterocycles. The highest BCUT2D eigenvalue weighted by Gasteiger charge is 2.32. The highest BCUT2D eigenvalue weighted by atomic mass is 19.4. The number of benzene rings is 1. The van der Waals surface area contributed by atoms with Crippen LogP contribution in [0.4, 0.5) is 18.9 Å². The molecular weight excluding hydrogens is 255 g/mol. The molecule has 1 aliphatic rings. The van der Waals surface area contributed by atoms with Gasteiger partial charge in [0.15, 0.2) is 0 Å². The molecule has 0 spiro atoms. The number of nitrogens with two attached hydrogens (primary N) is 1. The lowest BCUT2D eigenvalue weighted by Gasteiger charge is -2.36. The van der Waals surface area contributed by atoms with E-state index in [4.69, 9.17) is 5.73 Å². The minimum absolute atomic E-state index is 0.437. The molecule has 0 bridgehead atoms. The average Bonchev–Trinajstić information content (AvgIpc) is 2.38. The van der Waals surface area contributed by atoms with Crippen molar-refractivity contribution < 1.29 is 13.2 Å². The first kappa shape index (κ1) is 14.1. The Bertz CT molecular complexity index is 412. The second-order valence-electron chi connectivity index (χ2n) is 4.75. The van der Waals surface area contributed by atoms with Gasteiger partial charge in [0.05, 0.1) is 6.54 Å². The van der Waals surface area contributed by atoms with Crippen LogP contribution in [-0.2, 0) is 6.54 Å². The summed E-state index contributed by atoms with van der Waals surface area (Å²) in [4.78, 5) is 3.55. The van der Waals surface area contributed by atoms with Gasteiger partial charge in [-0.05, 0) is 17.7 Å². The summed E-state index contributed by atoms with van der Waals surface area (Å²) in [5, 5.41) is 0. The number of piperazine rings is 1. The Morgan fingerprint density at radius 2 is 1.79 bits per heavy atom. The smallest absolute Gasteiger partial charge is 0.369 e. The molecule has 2 rings (SSSR count). The largest absolute Gasteiger partial charge is 0.401 e. The van der Waals surface area contributed by atoms with E-state index in [0.717, 1.165) is 11.3 Å². The van der Waals surface area contributed by atoms with Gasteiger partial charge in [0.1, 0.15) is 0 Å². The molecule has 2 N–H and O–H groups in total. The van der Waals surface area contributed by atoms with Gasteiger partial charge in [0.2, 0.25) is 0 Å². The third-order valence-electron chi connectivity index (χ3n) is 3.29. The maximum Gasteiger partial charge on any atom is 0.401 e. The maximum absolute atomic E-state index is 12.3. The molecule has 1 aromatic carbocycles. The van der Waals surface area contributed by atoms with Crippen LogP contribution in [0, 0.1) is 0 Å². The van der Waals surface area contributed by atoms with Gasteiger partial charge in [0, 0.05) is 38.4 Å². The third-order valence-corrected chi connectivity index (χ3v) is 3.29. The number of anilines is 1. The minimum atomic E-state index is -4.11. The van der Waals surface area contributed by atoms with Crippen LogP contribution in [0.1, 0.15) is 5.56 Å². The third kappa shape index (κ3) is 4.11. The van der Waals surface area contributed by atoms with E-state index >= 15 is 0 Å². The van der Waals surface area contributed by atoms with Crippen molar-refractivity contribution in [1.82, 2.24) is 4.90 Å². The Labute approximate surface area is 110 Å². The van der Waals surface area contributed by atoms with Gasteiger partial charge in [-0.3, -0.25) is 4.90 Å². The lowest BCUT2D eigenvalue weighted by Crippen LogP contribution is -2.49. The molecule has 0 atom stereocenters. The first-order valence-electron chi connectivity index (χ1n) is 6.31. The quantitative estimate of drug-likeness (QED) is 0.912. The molecule has 0 unspecified atom stereocenters. The number of rotatable bonds is 3. The van der Waals surface area contributed by atoms with E-state index in [1.165, 1.54) is 4.90 Å². The lowest BCUT2D eigenvalue weighted by atomic mass is 10.1. The van der Waals surface area contributed by atoms with E-state index in [0.29, 0.717) is 32.7 Å². The van der Waals surface area contributed by atoms with Crippen LogP contribution in [0.2, 0.25) is 0 Å². The summed E-state index contributed by atoms with van der Waals surface area (Å²) in [5.74, 6) is 0. The normalized spacial score (nSPS) is 17.8. The zero-order valence-electron chi connectivity index (χ0n) is 10.7. The number of hydrogen-bond acceptors (Lipinski definition) is 3. The van der Waals surface area contributed by atoms with E-state index in [1.807, 2.05) is 24.3 Å². The first-order chi connectivity index (χ1) is 8.98. The fourth-order valence-electron chi connectivity index (χ4n) is 2.30. The van der Waals surface area contributed by atoms with Gasteiger partial charge in [-0.1, -0.05) is 12.1 Å². The Kier molecular flexibility index (Phi) is 4.31. The Morgan fingerprint density at radius 1 is 1.11 bits per heavy atom. The van der Waals surface area contributed by atoms with Crippen LogP contribution >= 0.6 is 0 Å². The second-order valence-corrected chi connectivity index (χ2v) is 4.75. The van der Waals surface area contributed by atoms with Crippen molar-refractivity contribution in [3.05, 3.63) is 29.8 Å². The zero-order valence-corrected chi connectivity index (χ0v) is 10.7. The van der Waals surface area contributed by atoms with Gasteiger partial charge in [-0.15, -0.1) is 0 Å². The molecule has 19 heavy (non-hydrogen) atoms. The molecular formula is C13H18F3N3. The summed E-state index contributed by atoms with van der Waals surface area (Å²) in [6.45, 7) is 1.76. The van der Waals surface area contributed by atoms with Crippen LogP contribution in [0.25, 0.3) is 0 Å². The van der Waals surface area contributed by atoms with Crippen molar-refractivity contribution in [3.63, 3.8) is 0 Å². The van der Waals surface area contributed by atoms with Crippen LogP contribution in [0.5, 0.6) is 0 Å². The lowest BCUT2D eigenvalue weighted by molar-refractivity contribution is -0.146. The summed E-state index contributed by atoms with van der Waals surface area (Å²) < 4.78 is 36.9. The summed E-state index contributed by atoms with van der Waals surface area (Å²) >= 11 is 0. The van der Waals surface area contributed by atoms with Crippen molar-refractivity contribution in [2.45, 2.75) is 12.7 Å². The minimum Gasteiger partial charge on any atom is -0.369 e. The molecule has 1 saturated heterocycles. The predicted molar refractivity (Wildman–Crippen MR) is 69.0 cm³/mol. The summed E-state index contributed by atoms with van der Waals surface area (Å²) in [6.07, 6.45) is -4.11. The molecule has 1 fully saturated rings. The Balaban J connectivity index is 1.92. The highest BCUT2D eigenvalue weighted by molar-refractivity contribution is 5.49. The van der Waals surface area contributed by atoms with Crippen molar-refractivity contribution in [2.75, 3.05) is 37.6 Å². The molecule has 0 aromatic heterocycles. The molecule has 0 radical (unpaired) electrons. The van der Waals surface area contributed by atoms with Gasteiger partial charge in [-0.25, -0.2) is 0 Å². The van der Waals surface area contributed by atoms with E-state index in [1.54, 1.807) is 0 Å². The van der Waals surface area contributed by atoms with Crippen LogP contribution in [0.3, 0.4) is 0 Å². The van der Waals surface area contributed by atoms with Gasteiger partial charge >= 0.3 is 6.18 Å². The fraction of sp³-hybridized carbons (Fsp3) is 0.538. The SMILES string of the molecule is NCc1cccc(N2CCN(CC(F)(F)F)CC2)c1. The number of hydrogen-bond donors (Lipinski definition) is 1. The molecule has 1 heterocycles. The fourth-order valence-corrected chi connectivity index (χ4v) is 2.30. The molecule has 0 saturated carbocycles. The van der Waals surface area contributed by atoms with Gasteiger partial charge in [0.25, 0.3) is 0 Å². The molecule has 106 valence electrons. The molecule has 0 aliphatic carbocycles.